The molecule has 0 aromatic heterocycles. The van der Waals surface area contributed by atoms with Gasteiger partial charge in [0.1, 0.15) is 5.72 Å². The van der Waals surface area contributed by atoms with Crippen LogP contribution in [-0.2, 0) is 9.53 Å². The van der Waals surface area contributed by atoms with E-state index >= 15 is 0 Å². The molecule has 0 bridgehead atoms. The number of likely N-dealkylation sites (tertiary alicyclic amines) is 1. The molecular formula is C24H28N2O4. The maximum Gasteiger partial charge on any atom is 0.328 e. The van der Waals surface area contributed by atoms with Crippen molar-refractivity contribution >= 4 is 11.9 Å². The molecule has 2 fully saturated rings. The van der Waals surface area contributed by atoms with Crippen molar-refractivity contribution in [3.05, 3.63) is 60.2 Å². The molecule has 1 atom stereocenters. The van der Waals surface area contributed by atoms with E-state index in [-0.39, 0.29) is 12.5 Å². The van der Waals surface area contributed by atoms with Gasteiger partial charge >= 0.3 is 5.97 Å². The van der Waals surface area contributed by atoms with Crippen molar-refractivity contribution in [3.8, 4) is 11.1 Å². The molecule has 2 saturated heterocycles. The van der Waals surface area contributed by atoms with Gasteiger partial charge in [0.05, 0.1) is 6.61 Å². The topological polar surface area (TPSA) is 70.1 Å². The van der Waals surface area contributed by atoms with Crippen molar-refractivity contribution in [2.45, 2.75) is 38.0 Å². The summed E-state index contributed by atoms with van der Waals surface area (Å²) in [6.07, 6.45) is 2.33. The number of nitrogens with zero attached hydrogens (tertiary/aromatic N) is 2. The van der Waals surface area contributed by atoms with E-state index in [0.717, 1.165) is 37.2 Å². The lowest BCUT2D eigenvalue weighted by molar-refractivity contribution is -0.143. The number of hydrogen-bond acceptors (Lipinski definition) is 4. The molecular weight excluding hydrogens is 380 g/mol. The van der Waals surface area contributed by atoms with Crippen LogP contribution in [0.5, 0.6) is 0 Å². The second kappa shape index (κ2) is 8.58. The van der Waals surface area contributed by atoms with E-state index in [4.69, 9.17) is 4.74 Å². The molecule has 0 saturated carbocycles. The third kappa shape index (κ3) is 3.85. The SMILES string of the molecule is CCCN1CCC2(CC1)OCC(C(=O)O)N2C(=O)c1ccc(-c2ccccc2)cc1. The van der Waals surface area contributed by atoms with E-state index in [1.165, 1.54) is 4.90 Å². The molecule has 2 aliphatic rings. The first-order valence-electron chi connectivity index (χ1n) is 10.6. The second-order valence-corrected chi connectivity index (χ2v) is 8.07. The average molecular weight is 408 g/mol. The molecule has 2 heterocycles. The van der Waals surface area contributed by atoms with Crippen molar-refractivity contribution < 1.29 is 19.4 Å². The van der Waals surface area contributed by atoms with Gasteiger partial charge in [-0.2, -0.15) is 0 Å². The van der Waals surface area contributed by atoms with E-state index < -0.39 is 17.7 Å². The molecule has 1 amide bonds. The fourth-order valence-electron chi connectivity index (χ4n) is 4.57. The van der Waals surface area contributed by atoms with Gasteiger partial charge in [-0.1, -0.05) is 49.4 Å². The summed E-state index contributed by atoms with van der Waals surface area (Å²) in [7, 11) is 0. The van der Waals surface area contributed by atoms with Crippen molar-refractivity contribution in [2.75, 3.05) is 26.2 Å². The minimum absolute atomic E-state index is 0.0386. The molecule has 6 nitrogen and oxygen atoms in total. The standard InChI is InChI=1S/C24H28N2O4/c1-2-14-25-15-12-24(13-16-25)26(21(17-30-24)23(28)29)22(27)20-10-8-19(9-11-20)18-6-4-3-5-7-18/h3-11,21H,2,12-17H2,1H3,(H,28,29). The summed E-state index contributed by atoms with van der Waals surface area (Å²) in [4.78, 5) is 29.2. The summed E-state index contributed by atoms with van der Waals surface area (Å²) < 4.78 is 6.03. The molecule has 1 unspecified atom stereocenters. The number of carboxylic acid groups (broad SMARTS) is 1. The largest absolute Gasteiger partial charge is 0.480 e. The predicted octanol–water partition coefficient (Wildman–Crippen LogP) is 3.48. The molecule has 2 aliphatic heterocycles. The summed E-state index contributed by atoms with van der Waals surface area (Å²) in [5, 5.41) is 9.74. The number of carboxylic acids is 1. The zero-order chi connectivity index (χ0) is 21.1. The van der Waals surface area contributed by atoms with Crippen LogP contribution in [0.4, 0.5) is 0 Å². The summed E-state index contributed by atoms with van der Waals surface area (Å²) in [6.45, 7) is 4.80. The highest BCUT2D eigenvalue weighted by molar-refractivity contribution is 5.98. The molecule has 158 valence electrons. The van der Waals surface area contributed by atoms with Gasteiger partial charge in [0.15, 0.2) is 6.04 Å². The van der Waals surface area contributed by atoms with Crippen LogP contribution in [0.15, 0.2) is 54.6 Å². The molecule has 4 rings (SSSR count). The van der Waals surface area contributed by atoms with Gasteiger partial charge in [-0.15, -0.1) is 0 Å². The first-order valence-corrected chi connectivity index (χ1v) is 10.6. The smallest absolute Gasteiger partial charge is 0.328 e. The van der Waals surface area contributed by atoms with E-state index in [0.29, 0.717) is 18.4 Å². The van der Waals surface area contributed by atoms with Crippen molar-refractivity contribution in [2.24, 2.45) is 0 Å². The Bertz CT molecular complexity index is 889. The number of ether oxygens (including phenoxy) is 1. The highest BCUT2D eigenvalue weighted by Crippen LogP contribution is 2.38. The number of rotatable bonds is 5. The number of carbonyl (C=O) groups is 2. The fourth-order valence-corrected chi connectivity index (χ4v) is 4.57. The van der Waals surface area contributed by atoms with Gasteiger partial charge in [0, 0.05) is 31.5 Å². The number of carbonyl (C=O) groups excluding carboxylic acids is 1. The van der Waals surface area contributed by atoms with Crippen LogP contribution >= 0.6 is 0 Å². The van der Waals surface area contributed by atoms with Crippen molar-refractivity contribution in [3.63, 3.8) is 0 Å². The molecule has 30 heavy (non-hydrogen) atoms. The van der Waals surface area contributed by atoms with Crippen LogP contribution in [0, 0.1) is 0 Å². The zero-order valence-corrected chi connectivity index (χ0v) is 17.3. The average Bonchev–Trinajstić information content (AvgIpc) is 3.15. The minimum atomic E-state index is -1.02. The van der Waals surface area contributed by atoms with Gasteiger partial charge in [0.25, 0.3) is 5.91 Å². The van der Waals surface area contributed by atoms with Gasteiger partial charge in [0.2, 0.25) is 0 Å². The Morgan fingerprint density at radius 1 is 1.03 bits per heavy atom. The van der Waals surface area contributed by atoms with Crippen molar-refractivity contribution in [1.82, 2.24) is 9.80 Å². The fraction of sp³-hybridized carbons (Fsp3) is 0.417. The zero-order valence-electron chi connectivity index (χ0n) is 17.3. The van der Waals surface area contributed by atoms with E-state index in [2.05, 4.69) is 11.8 Å². The summed E-state index contributed by atoms with van der Waals surface area (Å²) in [5.74, 6) is -1.29. The number of amides is 1. The Kier molecular flexibility index (Phi) is 5.88. The monoisotopic (exact) mass is 408 g/mol. The summed E-state index contributed by atoms with van der Waals surface area (Å²) in [5.41, 5.74) is 1.75. The summed E-state index contributed by atoms with van der Waals surface area (Å²) in [6, 6.07) is 16.4. The maximum atomic E-state index is 13.5. The number of piperidine rings is 1. The van der Waals surface area contributed by atoms with Crippen LogP contribution < -0.4 is 0 Å². The third-order valence-corrected chi connectivity index (χ3v) is 6.18. The van der Waals surface area contributed by atoms with Crippen LogP contribution in [0.3, 0.4) is 0 Å². The Balaban J connectivity index is 1.58. The Morgan fingerprint density at radius 3 is 2.27 bits per heavy atom. The molecule has 1 N–H and O–H groups in total. The number of aliphatic carboxylic acids is 1. The number of benzene rings is 2. The van der Waals surface area contributed by atoms with Crippen molar-refractivity contribution in [1.29, 1.82) is 0 Å². The Hall–Kier alpha value is -2.70. The second-order valence-electron chi connectivity index (χ2n) is 8.07. The quantitative estimate of drug-likeness (QED) is 0.820. The van der Waals surface area contributed by atoms with Crippen LogP contribution in [0.25, 0.3) is 11.1 Å². The molecule has 2 aromatic carbocycles. The Labute approximate surface area is 177 Å². The molecule has 1 spiro atoms. The molecule has 6 heteroatoms. The molecule has 0 aliphatic carbocycles. The molecule has 0 radical (unpaired) electrons. The van der Waals surface area contributed by atoms with E-state index in [1.807, 2.05) is 42.5 Å². The molecule has 2 aromatic rings. The predicted molar refractivity (Wildman–Crippen MR) is 114 cm³/mol. The highest BCUT2D eigenvalue weighted by Gasteiger charge is 2.53. The van der Waals surface area contributed by atoms with Gasteiger partial charge in [-0.05, 0) is 36.2 Å². The number of hydrogen-bond donors (Lipinski definition) is 1. The van der Waals surface area contributed by atoms with E-state index in [9.17, 15) is 14.7 Å². The first kappa shape index (κ1) is 20.6. The van der Waals surface area contributed by atoms with Gasteiger partial charge in [-0.25, -0.2) is 4.79 Å². The lowest BCUT2D eigenvalue weighted by Crippen LogP contribution is -2.58. The maximum absolute atomic E-state index is 13.5. The third-order valence-electron chi connectivity index (χ3n) is 6.18. The lowest BCUT2D eigenvalue weighted by Gasteiger charge is -2.44. The lowest BCUT2D eigenvalue weighted by atomic mass is 9.96. The van der Waals surface area contributed by atoms with Gasteiger partial charge < -0.3 is 14.7 Å². The van der Waals surface area contributed by atoms with Crippen LogP contribution in [-0.4, -0.2) is 64.8 Å². The van der Waals surface area contributed by atoms with Crippen LogP contribution in [0.2, 0.25) is 0 Å². The summed E-state index contributed by atoms with van der Waals surface area (Å²) >= 11 is 0. The Morgan fingerprint density at radius 2 is 1.67 bits per heavy atom. The first-order chi connectivity index (χ1) is 14.5. The normalized spacial score (nSPS) is 21.1. The van der Waals surface area contributed by atoms with E-state index in [1.54, 1.807) is 12.1 Å². The highest BCUT2D eigenvalue weighted by atomic mass is 16.5. The van der Waals surface area contributed by atoms with Gasteiger partial charge in [-0.3, -0.25) is 9.69 Å². The van der Waals surface area contributed by atoms with Crippen LogP contribution in [0.1, 0.15) is 36.5 Å². The minimum Gasteiger partial charge on any atom is -0.480 e.